The van der Waals surface area contributed by atoms with Crippen molar-refractivity contribution in [3.8, 4) is 5.75 Å². The zero-order valence-electron chi connectivity index (χ0n) is 14.5. The molecule has 2 heterocycles. The summed E-state index contributed by atoms with van der Waals surface area (Å²) in [6.07, 6.45) is 2.72. The van der Waals surface area contributed by atoms with Crippen LogP contribution in [0.5, 0.6) is 5.75 Å². The highest BCUT2D eigenvalue weighted by Gasteiger charge is 2.21. The Kier molecular flexibility index (Phi) is 5.78. The van der Waals surface area contributed by atoms with Crippen LogP contribution in [0, 0.1) is 5.82 Å². The van der Waals surface area contributed by atoms with E-state index in [0.29, 0.717) is 22.6 Å². The molecular weight excluding hydrogens is 361 g/mol. The Morgan fingerprint density at radius 3 is 2.85 bits per heavy atom. The number of benzene rings is 1. The van der Waals surface area contributed by atoms with Gasteiger partial charge in [0, 0.05) is 43.3 Å². The number of nitrogens with one attached hydrogen (secondary N) is 1. The van der Waals surface area contributed by atoms with Gasteiger partial charge in [-0.3, -0.25) is 4.98 Å². The van der Waals surface area contributed by atoms with E-state index in [1.54, 1.807) is 6.07 Å². The summed E-state index contributed by atoms with van der Waals surface area (Å²) >= 11 is 6.33. The van der Waals surface area contributed by atoms with E-state index in [2.05, 4.69) is 15.2 Å². The van der Waals surface area contributed by atoms with Gasteiger partial charge >= 0.3 is 6.09 Å². The van der Waals surface area contributed by atoms with Crippen LogP contribution in [0.25, 0.3) is 10.9 Å². The SMILES string of the molecule is COc1cc(F)c2ncc(Cl)c(CCN3CCC(NC(=O)O)CC3)c2c1. The third kappa shape index (κ3) is 4.16. The van der Waals surface area contributed by atoms with E-state index in [1.807, 2.05) is 0 Å². The van der Waals surface area contributed by atoms with E-state index in [0.717, 1.165) is 38.0 Å². The van der Waals surface area contributed by atoms with Gasteiger partial charge in [0.25, 0.3) is 0 Å². The number of rotatable bonds is 5. The van der Waals surface area contributed by atoms with Crippen molar-refractivity contribution in [2.45, 2.75) is 25.3 Å². The summed E-state index contributed by atoms with van der Waals surface area (Å²) < 4.78 is 19.4. The van der Waals surface area contributed by atoms with E-state index in [9.17, 15) is 9.18 Å². The predicted octanol–water partition coefficient (Wildman–Crippen LogP) is 3.31. The van der Waals surface area contributed by atoms with Crippen LogP contribution < -0.4 is 10.1 Å². The topological polar surface area (TPSA) is 74.7 Å². The molecule has 1 saturated heterocycles. The monoisotopic (exact) mass is 381 g/mol. The van der Waals surface area contributed by atoms with Gasteiger partial charge in [-0.05, 0) is 30.9 Å². The molecule has 1 aliphatic heterocycles. The predicted molar refractivity (Wildman–Crippen MR) is 97.6 cm³/mol. The molecule has 3 rings (SSSR count). The maximum Gasteiger partial charge on any atom is 0.404 e. The summed E-state index contributed by atoms with van der Waals surface area (Å²) in [5.41, 5.74) is 1.13. The highest BCUT2D eigenvalue weighted by Crippen LogP contribution is 2.30. The number of pyridine rings is 1. The number of carbonyl (C=O) groups is 1. The second-order valence-electron chi connectivity index (χ2n) is 6.41. The van der Waals surface area contributed by atoms with E-state index in [4.69, 9.17) is 21.4 Å². The van der Waals surface area contributed by atoms with Gasteiger partial charge in [-0.25, -0.2) is 9.18 Å². The minimum Gasteiger partial charge on any atom is -0.497 e. The van der Waals surface area contributed by atoms with Crippen LogP contribution in [-0.2, 0) is 6.42 Å². The molecular formula is C18H21ClFN3O3. The lowest BCUT2D eigenvalue weighted by Crippen LogP contribution is -2.44. The summed E-state index contributed by atoms with van der Waals surface area (Å²) in [4.78, 5) is 17.1. The summed E-state index contributed by atoms with van der Waals surface area (Å²) in [7, 11) is 1.49. The Morgan fingerprint density at radius 2 is 2.19 bits per heavy atom. The fraction of sp³-hybridized carbons (Fsp3) is 0.444. The molecule has 0 unspecified atom stereocenters. The highest BCUT2D eigenvalue weighted by atomic mass is 35.5. The van der Waals surface area contributed by atoms with Crippen LogP contribution in [0.15, 0.2) is 18.3 Å². The first-order chi connectivity index (χ1) is 12.5. The highest BCUT2D eigenvalue weighted by molar-refractivity contribution is 6.32. The van der Waals surface area contributed by atoms with Gasteiger partial charge in [-0.1, -0.05) is 11.6 Å². The molecule has 8 heteroatoms. The zero-order chi connectivity index (χ0) is 18.7. The minimum absolute atomic E-state index is 0.00690. The molecule has 0 aliphatic carbocycles. The number of fused-ring (bicyclic) bond motifs is 1. The van der Waals surface area contributed by atoms with Crippen LogP contribution in [0.4, 0.5) is 9.18 Å². The summed E-state index contributed by atoms with van der Waals surface area (Å²) in [6, 6.07) is 3.08. The fourth-order valence-corrected chi connectivity index (χ4v) is 3.63. The van der Waals surface area contributed by atoms with Crippen LogP contribution in [0.2, 0.25) is 5.02 Å². The summed E-state index contributed by atoms with van der Waals surface area (Å²) in [6.45, 7) is 2.38. The lowest BCUT2D eigenvalue weighted by Gasteiger charge is -2.31. The molecule has 6 nitrogen and oxygen atoms in total. The van der Waals surface area contributed by atoms with Crippen LogP contribution in [-0.4, -0.2) is 53.9 Å². The molecule has 1 aromatic heterocycles. The van der Waals surface area contributed by atoms with Crippen LogP contribution in [0.3, 0.4) is 0 Å². The number of piperidine rings is 1. The van der Waals surface area contributed by atoms with E-state index in [-0.39, 0.29) is 11.6 Å². The van der Waals surface area contributed by atoms with Gasteiger partial charge in [-0.2, -0.15) is 0 Å². The lowest BCUT2D eigenvalue weighted by atomic mass is 10.0. The molecule has 0 saturated carbocycles. The van der Waals surface area contributed by atoms with Crippen molar-refractivity contribution in [2.24, 2.45) is 0 Å². The largest absolute Gasteiger partial charge is 0.497 e. The second-order valence-corrected chi connectivity index (χ2v) is 6.81. The Balaban J connectivity index is 1.72. The number of carboxylic acid groups (broad SMARTS) is 1. The first kappa shape index (κ1) is 18.7. The van der Waals surface area contributed by atoms with E-state index in [1.165, 1.54) is 19.4 Å². The number of ether oxygens (including phenoxy) is 1. The molecule has 1 aromatic carbocycles. The first-order valence-electron chi connectivity index (χ1n) is 8.50. The van der Waals surface area contributed by atoms with Crippen molar-refractivity contribution in [2.75, 3.05) is 26.7 Å². The number of methoxy groups -OCH3 is 1. The van der Waals surface area contributed by atoms with Crippen LogP contribution in [0.1, 0.15) is 18.4 Å². The molecule has 26 heavy (non-hydrogen) atoms. The standard InChI is InChI=1S/C18H21ClFN3O3/c1-26-12-8-14-13(15(19)10-21-17(14)16(20)9-12)4-7-23-5-2-11(3-6-23)22-18(24)25/h8-11,22H,2-7H2,1H3,(H,24,25). The van der Waals surface area contributed by atoms with E-state index < -0.39 is 11.9 Å². The smallest absolute Gasteiger partial charge is 0.404 e. The molecule has 140 valence electrons. The maximum absolute atomic E-state index is 14.2. The van der Waals surface area contributed by atoms with Gasteiger partial charge in [0.2, 0.25) is 0 Å². The Morgan fingerprint density at radius 1 is 1.46 bits per heavy atom. The van der Waals surface area contributed by atoms with Crippen molar-refractivity contribution in [1.82, 2.24) is 15.2 Å². The maximum atomic E-state index is 14.2. The zero-order valence-corrected chi connectivity index (χ0v) is 15.2. The quantitative estimate of drug-likeness (QED) is 0.831. The van der Waals surface area contributed by atoms with Crippen molar-refractivity contribution >= 4 is 28.6 Å². The molecule has 1 aliphatic rings. The first-order valence-corrected chi connectivity index (χ1v) is 8.88. The molecule has 0 radical (unpaired) electrons. The second kappa shape index (κ2) is 8.05. The third-order valence-electron chi connectivity index (χ3n) is 4.79. The number of hydrogen-bond donors (Lipinski definition) is 2. The molecule has 2 N–H and O–H groups in total. The van der Waals surface area contributed by atoms with Gasteiger partial charge in [0.05, 0.1) is 12.1 Å². The number of halogens is 2. The van der Waals surface area contributed by atoms with Crippen LogP contribution >= 0.6 is 11.6 Å². The summed E-state index contributed by atoms with van der Waals surface area (Å²) in [5.74, 6) is -0.00120. The number of hydrogen-bond acceptors (Lipinski definition) is 4. The number of aromatic nitrogens is 1. The van der Waals surface area contributed by atoms with Gasteiger partial charge in [0.1, 0.15) is 11.3 Å². The third-order valence-corrected chi connectivity index (χ3v) is 5.11. The Hall–Kier alpha value is -2.12. The van der Waals surface area contributed by atoms with Crippen molar-refractivity contribution < 1.29 is 19.0 Å². The molecule has 0 spiro atoms. The average Bonchev–Trinajstić information content (AvgIpc) is 2.61. The normalized spacial score (nSPS) is 16.0. The Bertz CT molecular complexity index is 810. The number of likely N-dealkylation sites (tertiary alicyclic amines) is 1. The van der Waals surface area contributed by atoms with Gasteiger partial charge < -0.3 is 20.1 Å². The van der Waals surface area contributed by atoms with Gasteiger partial charge in [0.15, 0.2) is 5.82 Å². The molecule has 1 fully saturated rings. The van der Waals surface area contributed by atoms with Crippen molar-refractivity contribution in [3.63, 3.8) is 0 Å². The fourth-order valence-electron chi connectivity index (χ4n) is 3.38. The van der Waals surface area contributed by atoms with E-state index >= 15 is 0 Å². The lowest BCUT2D eigenvalue weighted by molar-refractivity contribution is 0.169. The molecule has 0 bridgehead atoms. The number of nitrogens with zero attached hydrogens (tertiary/aromatic N) is 2. The molecule has 0 atom stereocenters. The minimum atomic E-state index is -0.977. The summed E-state index contributed by atoms with van der Waals surface area (Å²) in [5, 5.41) is 12.5. The molecule has 2 aromatic rings. The van der Waals surface area contributed by atoms with Gasteiger partial charge in [-0.15, -0.1) is 0 Å². The Labute approximate surface area is 155 Å². The average molecular weight is 382 g/mol. The van der Waals surface area contributed by atoms with Crippen molar-refractivity contribution in [3.05, 3.63) is 34.7 Å². The number of amides is 1. The van der Waals surface area contributed by atoms with Crippen molar-refractivity contribution in [1.29, 1.82) is 0 Å². The molecule has 1 amide bonds.